The van der Waals surface area contributed by atoms with Crippen molar-refractivity contribution in [2.24, 2.45) is 0 Å². The zero-order chi connectivity index (χ0) is 13.5. The second kappa shape index (κ2) is 7.27. The van der Waals surface area contributed by atoms with E-state index in [9.17, 15) is 9.59 Å². The summed E-state index contributed by atoms with van der Waals surface area (Å²) < 4.78 is 5.13. The lowest BCUT2D eigenvalue weighted by molar-refractivity contribution is -0.127. The van der Waals surface area contributed by atoms with Crippen LogP contribution < -0.4 is 10.6 Å². The van der Waals surface area contributed by atoms with Crippen molar-refractivity contribution in [3.63, 3.8) is 0 Å². The van der Waals surface area contributed by atoms with Crippen molar-refractivity contribution in [2.45, 2.75) is 52.7 Å². The van der Waals surface area contributed by atoms with Gasteiger partial charge in [-0.25, -0.2) is 0 Å². The first-order valence-electron chi connectivity index (χ1n) is 5.90. The summed E-state index contributed by atoms with van der Waals surface area (Å²) in [5, 5.41) is 5.45. The van der Waals surface area contributed by atoms with Crippen LogP contribution in [0.25, 0.3) is 0 Å². The Morgan fingerprint density at radius 2 is 1.76 bits per heavy atom. The van der Waals surface area contributed by atoms with Crippen LogP contribution in [0.5, 0.6) is 0 Å². The smallest absolute Gasteiger partial charge is 0.246 e. The lowest BCUT2D eigenvalue weighted by atomic mass is 10.1. The second-order valence-electron chi connectivity index (χ2n) is 5.26. The summed E-state index contributed by atoms with van der Waals surface area (Å²) in [6.45, 7) is 9.86. The van der Waals surface area contributed by atoms with Gasteiger partial charge in [-0.3, -0.25) is 9.59 Å². The second-order valence-corrected chi connectivity index (χ2v) is 5.26. The number of carbonyl (C=O) groups excluding carboxylic acids is 2. The molecule has 2 amide bonds. The molecule has 0 fully saturated rings. The zero-order valence-corrected chi connectivity index (χ0v) is 11.4. The normalized spacial score (nSPS) is 11.4. The minimum Gasteiger partial charge on any atom is -0.369 e. The maximum absolute atomic E-state index is 11.4. The van der Waals surface area contributed by atoms with Crippen molar-refractivity contribution >= 4 is 11.8 Å². The van der Waals surface area contributed by atoms with E-state index in [1.165, 1.54) is 0 Å². The fourth-order valence-electron chi connectivity index (χ4n) is 1.09. The van der Waals surface area contributed by atoms with Gasteiger partial charge in [-0.05, 0) is 34.6 Å². The van der Waals surface area contributed by atoms with Crippen LogP contribution >= 0.6 is 0 Å². The highest BCUT2D eigenvalue weighted by Crippen LogP contribution is 1.98. The molecule has 0 rings (SSSR count). The van der Waals surface area contributed by atoms with Gasteiger partial charge < -0.3 is 15.4 Å². The van der Waals surface area contributed by atoms with Crippen molar-refractivity contribution < 1.29 is 14.3 Å². The Hall–Kier alpha value is -1.10. The van der Waals surface area contributed by atoms with Crippen LogP contribution in [0, 0.1) is 0 Å². The number of hydrogen-bond acceptors (Lipinski definition) is 3. The van der Waals surface area contributed by atoms with Crippen LogP contribution in [-0.2, 0) is 14.3 Å². The van der Waals surface area contributed by atoms with Crippen molar-refractivity contribution in [3.05, 3.63) is 0 Å². The van der Waals surface area contributed by atoms with Gasteiger partial charge in [0.15, 0.2) is 0 Å². The summed E-state index contributed by atoms with van der Waals surface area (Å²) in [7, 11) is 0. The van der Waals surface area contributed by atoms with Gasteiger partial charge in [-0.15, -0.1) is 0 Å². The summed E-state index contributed by atoms with van der Waals surface area (Å²) in [5.41, 5.74) is -0.234. The third-order valence-corrected chi connectivity index (χ3v) is 1.74. The summed E-state index contributed by atoms with van der Waals surface area (Å²) in [6.07, 6.45) is 0.315. The minimum absolute atomic E-state index is 0.0324. The van der Waals surface area contributed by atoms with E-state index in [4.69, 9.17) is 4.74 Å². The number of hydrogen-bond donors (Lipinski definition) is 2. The Balaban J connectivity index is 3.63. The summed E-state index contributed by atoms with van der Waals surface area (Å²) >= 11 is 0. The largest absolute Gasteiger partial charge is 0.369 e. The maximum atomic E-state index is 11.4. The molecule has 0 aromatic carbocycles. The molecule has 0 saturated heterocycles. The summed E-state index contributed by atoms with van der Waals surface area (Å²) in [6, 6.07) is 0. The quantitative estimate of drug-likeness (QED) is 0.727. The molecule has 0 aromatic rings. The Morgan fingerprint density at radius 3 is 2.24 bits per heavy atom. The lowest BCUT2D eigenvalue weighted by Crippen LogP contribution is -2.42. The lowest BCUT2D eigenvalue weighted by Gasteiger charge is -2.20. The highest BCUT2D eigenvalue weighted by molar-refractivity contribution is 5.79. The van der Waals surface area contributed by atoms with Gasteiger partial charge in [0.2, 0.25) is 11.8 Å². The van der Waals surface area contributed by atoms with E-state index in [2.05, 4.69) is 10.6 Å². The topological polar surface area (TPSA) is 67.4 Å². The van der Waals surface area contributed by atoms with Gasteiger partial charge in [-0.2, -0.15) is 0 Å². The molecule has 0 aromatic heterocycles. The molecule has 0 spiro atoms. The molecule has 0 atom stereocenters. The first-order chi connectivity index (χ1) is 7.70. The Labute approximate surface area is 103 Å². The Bertz CT molecular complexity index is 257. The molecule has 0 bridgehead atoms. The van der Waals surface area contributed by atoms with Crippen molar-refractivity contribution in [3.8, 4) is 0 Å². The fourth-order valence-corrected chi connectivity index (χ4v) is 1.09. The van der Waals surface area contributed by atoms with Gasteiger partial charge in [0.05, 0.1) is 6.10 Å². The standard InChI is InChI=1S/C12H24N2O3/c1-9(2)17-8-11(16)13-7-6-10(15)14-12(3,4)5/h9H,6-8H2,1-5H3,(H,13,16)(H,14,15). The molecular formula is C12H24N2O3. The number of nitrogens with one attached hydrogen (secondary N) is 2. The van der Waals surface area contributed by atoms with Crippen molar-refractivity contribution in [1.82, 2.24) is 10.6 Å². The average molecular weight is 244 g/mol. The molecule has 0 radical (unpaired) electrons. The van der Waals surface area contributed by atoms with Crippen LogP contribution in [0.1, 0.15) is 41.0 Å². The van der Waals surface area contributed by atoms with Gasteiger partial charge in [0, 0.05) is 18.5 Å². The first kappa shape index (κ1) is 15.9. The molecule has 5 heteroatoms. The van der Waals surface area contributed by atoms with Gasteiger partial charge >= 0.3 is 0 Å². The van der Waals surface area contributed by atoms with E-state index in [0.29, 0.717) is 6.54 Å². The van der Waals surface area contributed by atoms with Crippen LogP contribution in [0.15, 0.2) is 0 Å². The van der Waals surface area contributed by atoms with Crippen molar-refractivity contribution in [2.75, 3.05) is 13.2 Å². The monoisotopic (exact) mass is 244 g/mol. The zero-order valence-electron chi connectivity index (χ0n) is 11.4. The minimum atomic E-state index is -0.234. The summed E-state index contributed by atoms with van der Waals surface area (Å²) in [4.78, 5) is 22.7. The highest BCUT2D eigenvalue weighted by atomic mass is 16.5. The Kier molecular flexibility index (Phi) is 6.80. The number of amides is 2. The predicted octanol–water partition coefficient (Wildman–Crippen LogP) is 0.832. The fraction of sp³-hybridized carbons (Fsp3) is 0.833. The maximum Gasteiger partial charge on any atom is 0.246 e. The van der Waals surface area contributed by atoms with E-state index in [1.807, 2.05) is 34.6 Å². The van der Waals surface area contributed by atoms with Crippen LogP contribution in [0.2, 0.25) is 0 Å². The average Bonchev–Trinajstić information content (AvgIpc) is 2.11. The van der Waals surface area contributed by atoms with Gasteiger partial charge in [0.25, 0.3) is 0 Å². The molecule has 0 aliphatic heterocycles. The van der Waals surface area contributed by atoms with Crippen molar-refractivity contribution in [1.29, 1.82) is 0 Å². The number of ether oxygens (including phenoxy) is 1. The number of carbonyl (C=O) groups is 2. The molecule has 5 nitrogen and oxygen atoms in total. The molecule has 0 saturated carbocycles. The highest BCUT2D eigenvalue weighted by Gasteiger charge is 2.13. The molecule has 0 aliphatic rings. The van der Waals surface area contributed by atoms with Crippen LogP contribution in [-0.4, -0.2) is 36.6 Å². The van der Waals surface area contributed by atoms with E-state index in [-0.39, 0.29) is 36.5 Å². The summed E-state index contributed by atoms with van der Waals surface area (Å²) in [5.74, 6) is -0.259. The van der Waals surface area contributed by atoms with Gasteiger partial charge in [-0.1, -0.05) is 0 Å². The van der Waals surface area contributed by atoms with E-state index in [1.54, 1.807) is 0 Å². The SMILES string of the molecule is CC(C)OCC(=O)NCCC(=O)NC(C)(C)C. The number of rotatable bonds is 6. The molecule has 100 valence electrons. The van der Waals surface area contributed by atoms with Gasteiger partial charge in [0.1, 0.15) is 6.61 Å². The molecule has 17 heavy (non-hydrogen) atoms. The molecule has 0 aliphatic carbocycles. The third-order valence-electron chi connectivity index (χ3n) is 1.74. The van der Waals surface area contributed by atoms with Crippen LogP contribution in [0.4, 0.5) is 0 Å². The third kappa shape index (κ3) is 11.2. The Morgan fingerprint density at radius 1 is 1.18 bits per heavy atom. The van der Waals surface area contributed by atoms with E-state index >= 15 is 0 Å². The first-order valence-corrected chi connectivity index (χ1v) is 5.90. The molecular weight excluding hydrogens is 220 g/mol. The molecule has 0 heterocycles. The molecule has 2 N–H and O–H groups in total. The molecule has 0 unspecified atom stereocenters. The van der Waals surface area contributed by atoms with Crippen LogP contribution in [0.3, 0.4) is 0 Å². The van der Waals surface area contributed by atoms with E-state index in [0.717, 1.165) is 0 Å². The van der Waals surface area contributed by atoms with E-state index < -0.39 is 0 Å². The predicted molar refractivity (Wildman–Crippen MR) is 66.6 cm³/mol.